The molecular formula is C16H16ClN3O. The van der Waals surface area contributed by atoms with Crippen molar-refractivity contribution in [3.05, 3.63) is 64.4 Å². The zero-order chi connectivity index (χ0) is 14.7. The predicted octanol–water partition coefficient (Wildman–Crippen LogP) is 3.22. The van der Waals surface area contributed by atoms with Gasteiger partial charge >= 0.3 is 6.03 Å². The van der Waals surface area contributed by atoms with Gasteiger partial charge in [0.2, 0.25) is 0 Å². The standard InChI is InChI=1S/C16H16ClN3O/c17-12-5-6-14-11(9-12)4-7-15(14)20-16(21)19-10-13-3-1-2-8-18-13/h1-3,5-6,8-9,15H,4,7,10H2,(H2,19,20,21)/t15-/m0/s1. The van der Waals surface area contributed by atoms with Crippen LogP contribution in [0, 0.1) is 0 Å². The van der Waals surface area contributed by atoms with Crippen LogP contribution in [0.2, 0.25) is 5.02 Å². The van der Waals surface area contributed by atoms with Crippen LogP contribution in [-0.4, -0.2) is 11.0 Å². The van der Waals surface area contributed by atoms with Gasteiger partial charge in [0.1, 0.15) is 0 Å². The van der Waals surface area contributed by atoms with E-state index in [1.165, 1.54) is 5.56 Å². The Hall–Kier alpha value is -2.07. The molecule has 2 amide bonds. The van der Waals surface area contributed by atoms with Gasteiger partial charge in [0.25, 0.3) is 0 Å². The number of nitrogens with one attached hydrogen (secondary N) is 2. The molecule has 5 heteroatoms. The minimum atomic E-state index is -0.173. The maximum Gasteiger partial charge on any atom is 0.315 e. The lowest BCUT2D eigenvalue weighted by atomic mass is 10.1. The molecule has 0 radical (unpaired) electrons. The zero-order valence-corrected chi connectivity index (χ0v) is 12.2. The van der Waals surface area contributed by atoms with Gasteiger partial charge in [-0.3, -0.25) is 4.98 Å². The van der Waals surface area contributed by atoms with Crippen molar-refractivity contribution in [1.29, 1.82) is 0 Å². The first-order valence-electron chi connectivity index (χ1n) is 6.95. The van der Waals surface area contributed by atoms with Crippen molar-refractivity contribution in [3.8, 4) is 0 Å². The van der Waals surface area contributed by atoms with Gasteiger partial charge in [-0.2, -0.15) is 0 Å². The fourth-order valence-electron chi connectivity index (χ4n) is 2.62. The van der Waals surface area contributed by atoms with Crippen molar-refractivity contribution in [2.75, 3.05) is 0 Å². The molecule has 2 N–H and O–H groups in total. The van der Waals surface area contributed by atoms with Crippen molar-refractivity contribution >= 4 is 17.6 Å². The van der Waals surface area contributed by atoms with Crippen molar-refractivity contribution in [3.63, 3.8) is 0 Å². The van der Waals surface area contributed by atoms with E-state index in [1.54, 1.807) is 6.20 Å². The largest absolute Gasteiger partial charge is 0.332 e. The number of urea groups is 1. The molecule has 1 heterocycles. The van der Waals surface area contributed by atoms with E-state index in [0.717, 1.165) is 29.1 Å². The highest BCUT2D eigenvalue weighted by Gasteiger charge is 2.23. The van der Waals surface area contributed by atoms with E-state index in [1.807, 2.05) is 36.4 Å². The summed E-state index contributed by atoms with van der Waals surface area (Å²) in [6.45, 7) is 0.423. The molecule has 0 bridgehead atoms. The minimum Gasteiger partial charge on any atom is -0.332 e. The van der Waals surface area contributed by atoms with Gasteiger partial charge < -0.3 is 10.6 Å². The quantitative estimate of drug-likeness (QED) is 0.914. The Morgan fingerprint density at radius 2 is 2.24 bits per heavy atom. The van der Waals surface area contributed by atoms with Gasteiger partial charge in [-0.1, -0.05) is 23.7 Å². The molecule has 0 saturated heterocycles. The third-order valence-electron chi connectivity index (χ3n) is 3.64. The summed E-state index contributed by atoms with van der Waals surface area (Å²) in [5.74, 6) is 0. The average molecular weight is 302 g/mol. The minimum absolute atomic E-state index is 0.0565. The number of hydrogen-bond donors (Lipinski definition) is 2. The Kier molecular flexibility index (Phi) is 4.06. The fourth-order valence-corrected chi connectivity index (χ4v) is 2.81. The number of benzene rings is 1. The molecule has 1 aliphatic carbocycles. The summed E-state index contributed by atoms with van der Waals surface area (Å²) < 4.78 is 0. The van der Waals surface area contributed by atoms with Crippen molar-refractivity contribution < 1.29 is 4.79 Å². The summed E-state index contributed by atoms with van der Waals surface area (Å²) in [5.41, 5.74) is 3.22. The van der Waals surface area contributed by atoms with E-state index in [9.17, 15) is 4.79 Å². The van der Waals surface area contributed by atoms with Gasteiger partial charge in [-0.05, 0) is 48.2 Å². The maximum atomic E-state index is 12.0. The molecule has 3 rings (SSSR count). The van der Waals surface area contributed by atoms with Crippen LogP contribution in [0.15, 0.2) is 42.6 Å². The molecule has 0 fully saturated rings. The summed E-state index contributed by atoms with van der Waals surface area (Å²) >= 11 is 5.99. The van der Waals surface area contributed by atoms with Gasteiger partial charge in [-0.15, -0.1) is 0 Å². The van der Waals surface area contributed by atoms with E-state index in [-0.39, 0.29) is 12.1 Å². The number of rotatable bonds is 3. The molecule has 0 saturated carbocycles. The summed E-state index contributed by atoms with van der Waals surface area (Å²) in [7, 11) is 0. The van der Waals surface area contributed by atoms with Crippen LogP contribution in [0.25, 0.3) is 0 Å². The Morgan fingerprint density at radius 1 is 1.33 bits per heavy atom. The maximum absolute atomic E-state index is 12.0. The normalized spacial score (nSPS) is 16.3. The molecule has 2 aromatic rings. The number of halogens is 1. The first kappa shape index (κ1) is 13.9. The van der Waals surface area contributed by atoms with Gasteiger partial charge in [-0.25, -0.2) is 4.79 Å². The van der Waals surface area contributed by atoms with Crippen LogP contribution >= 0.6 is 11.6 Å². The van der Waals surface area contributed by atoms with Gasteiger partial charge in [0.05, 0.1) is 18.3 Å². The third kappa shape index (κ3) is 3.34. The third-order valence-corrected chi connectivity index (χ3v) is 3.88. The number of nitrogens with zero attached hydrogens (tertiary/aromatic N) is 1. The molecule has 1 atom stereocenters. The number of fused-ring (bicyclic) bond motifs is 1. The van der Waals surface area contributed by atoms with Crippen LogP contribution in [0.3, 0.4) is 0 Å². The molecule has 0 unspecified atom stereocenters. The molecular weight excluding hydrogens is 286 g/mol. The molecule has 0 spiro atoms. The van der Waals surface area contributed by atoms with Crippen LogP contribution in [0.5, 0.6) is 0 Å². The Morgan fingerprint density at radius 3 is 3.05 bits per heavy atom. The smallest absolute Gasteiger partial charge is 0.315 e. The summed E-state index contributed by atoms with van der Waals surface area (Å²) in [5, 5.41) is 6.58. The number of carbonyl (C=O) groups excluding carboxylic acids is 1. The number of aromatic nitrogens is 1. The second kappa shape index (κ2) is 6.14. The highest BCUT2D eigenvalue weighted by atomic mass is 35.5. The van der Waals surface area contributed by atoms with E-state index in [2.05, 4.69) is 15.6 Å². The SMILES string of the molecule is O=C(NCc1ccccn1)N[C@H]1CCc2cc(Cl)ccc21. The second-order valence-electron chi connectivity index (χ2n) is 5.08. The lowest BCUT2D eigenvalue weighted by Gasteiger charge is -2.15. The highest BCUT2D eigenvalue weighted by molar-refractivity contribution is 6.30. The summed E-state index contributed by atoms with van der Waals surface area (Å²) in [6.07, 6.45) is 3.57. The Labute approximate surface area is 128 Å². The monoisotopic (exact) mass is 301 g/mol. The first-order chi connectivity index (χ1) is 10.2. The van der Waals surface area contributed by atoms with Crippen molar-refractivity contribution in [1.82, 2.24) is 15.6 Å². The predicted molar refractivity (Wildman–Crippen MR) is 82.1 cm³/mol. The van der Waals surface area contributed by atoms with Gasteiger partial charge in [0.15, 0.2) is 0 Å². The van der Waals surface area contributed by atoms with E-state index in [4.69, 9.17) is 11.6 Å². The Bertz CT molecular complexity index is 645. The molecule has 108 valence electrons. The van der Waals surface area contributed by atoms with Gasteiger partial charge in [0, 0.05) is 11.2 Å². The molecule has 4 nitrogen and oxygen atoms in total. The van der Waals surface area contributed by atoms with Crippen LogP contribution in [0.1, 0.15) is 29.3 Å². The summed E-state index contributed by atoms with van der Waals surface area (Å²) in [6, 6.07) is 11.4. The lowest BCUT2D eigenvalue weighted by molar-refractivity contribution is 0.236. The molecule has 21 heavy (non-hydrogen) atoms. The molecule has 1 aliphatic rings. The van der Waals surface area contributed by atoms with Crippen LogP contribution < -0.4 is 10.6 Å². The van der Waals surface area contributed by atoms with Crippen LogP contribution in [-0.2, 0) is 13.0 Å². The summed E-state index contributed by atoms with van der Waals surface area (Å²) in [4.78, 5) is 16.1. The lowest BCUT2D eigenvalue weighted by Crippen LogP contribution is -2.37. The first-order valence-corrected chi connectivity index (χ1v) is 7.33. The van der Waals surface area contributed by atoms with E-state index < -0.39 is 0 Å². The highest BCUT2D eigenvalue weighted by Crippen LogP contribution is 2.32. The van der Waals surface area contributed by atoms with Crippen molar-refractivity contribution in [2.45, 2.75) is 25.4 Å². The molecule has 1 aromatic heterocycles. The number of hydrogen-bond acceptors (Lipinski definition) is 2. The number of aryl methyl sites for hydroxylation is 1. The molecule has 1 aromatic carbocycles. The van der Waals surface area contributed by atoms with E-state index in [0.29, 0.717) is 6.54 Å². The zero-order valence-electron chi connectivity index (χ0n) is 11.5. The number of carbonyl (C=O) groups is 1. The average Bonchev–Trinajstić information content (AvgIpc) is 2.88. The van der Waals surface area contributed by atoms with Crippen molar-refractivity contribution in [2.24, 2.45) is 0 Å². The van der Waals surface area contributed by atoms with E-state index >= 15 is 0 Å². The number of pyridine rings is 1. The molecule has 0 aliphatic heterocycles. The topological polar surface area (TPSA) is 54.0 Å². The number of amides is 2. The second-order valence-corrected chi connectivity index (χ2v) is 5.52. The van der Waals surface area contributed by atoms with Crippen LogP contribution in [0.4, 0.5) is 4.79 Å². The Balaban J connectivity index is 1.57. The fraction of sp³-hybridized carbons (Fsp3) is 0.250.